The summed E-state index contributed by atoms with van der Waals surface area (Å²) < 4.78 is 8.19. The van der Waals surface area contributed by atoms with E-state index in [1.54, 1.807) is 0 Å². The summed E-state index contributed by atoms with van der Waals surface area (Å²) >= 11 is 1.06. The Kier molecular flexibility index (Phi) is 25.0. The summed E-state index contributed by atoms with van der Waals surface area (Å²) in [5.74, 6) is -0.125. The predicted octanol–water partition coefficient (Wildman–Crippen LogP) is -0.596. The van der Waals surface area contributed by atoms with Crippen LogP contribution in [0, 0.1) is 0 Å². The van der Waals surface area contributed by atoms with Crippen LogP contribution < -0.4 is 0 Å². The van der Waals surface area contributed by atoms with E-state index in [1.807, 2.05) is 0 Å². The summed E-state index contributed by atoms with van der Waals surface area (Å²) in [4.78, 5) is 20.1. The molecule has 2 N–H and O–H groups in total. The normalized spacial score (nSPS) is 7.00. The van der Waals surface area contributed by atoms with Crippen molar-refractivity contribution in [1.82, 2.24) is 0 Å². The standard InChI is InChI=1S/C5H8O2.C2H6O2.O.V/c1-4(6)3-5(2)7;3-1-2-4;;/h3H2,1-2H3;3-4H,1-2H2;;. The van der Waals surface area contributed by atoms with Crippen LogP contribution in [0.15, 0.2) is 0 Å². The van der Waals surface area contributed by atoms with Gasteiger partial charge in [-0.05, 0) is 13.8 Å². The van der Waals surface area contributed by atoms with Gasteiger partial charge in [0.25, 0.3) is 0 Å². The number of aliphatic hydroxyl groups is 2. The Balaban J connectivity index is -0.000000142. The zero-order chi connectivity index (χ0) is 11.3. The van der Waals surface area contributed by atoms with Crippen LogP contribution in [0.1, 0.15) is 20.3 Å². The van der Waals surface area contributed by atoms with E-state index in [2.05, 4.69) is 0 Å². The van der Waals surface area contributed by atoms with Crippen LogP contribution in [0.4, 0.5) is 0 Å². The van der Waals surface area contributed by atoms with Gasteiger partial charge in [0.05, 0.1) is 19.6 Å². The van der Waals surface area contributed by atoms with Crippen LogP contribution in [0.2, 0.25) is 0 Å². The average molecular weight is 229 g/mol. The van der Waals surface area contributed by atoms with E-state index in [1.165, 1.54) is 13.8 Å². The molecule has 0 radical (unpaired) electrons. The van der Waals surface area contributed by atoms with Gasteiger partial charge in [0, 0.05) is 0 Å². The van der Waals surface area contributed by atoms with Gasteiger partial charge in [-0.1, -0.05) is 0 Å². The minimum absolute atomic E-state index is 0.0625. The SMILES string of the molecule is CC(=O)CC(C)=O.OCCO.[O]=[V]. The molecule has 0 bridgehead atoms. The molecule has 0 aromatic heterocycles. The van der Waals surface area contributed by atoms with Gasteiger partial charge in [-0.2, -0.15) is 0 Å². The fourth-order valence-electron chi connectivity index (χ4n) is 0.351. The number of aliphatic hydroxyl groups excluding tert-OH is 2. The molecule has 6 heteroatoms. The molecule has 5 nitrogen and oxygen atoms in total. The first kappa shape index (κ1) is 18.4. The van der Waals surface area contributed by atoms with E-state index in [-0.39, 0.29) is 31.2 Å². The molecule has 0 aromatic carbocycles. The van der Waals surface area contributed by atoms with Crippen molar-refractivity contribution >= 4 is 11.6 Å². The predicted molar refractivity (Wildman–Crippen MR) is 40.8 cm³/mol. The van der Waals surface area contributed by atoms with Gasteiger partial charge in [0.2, 0.25) is 0 Å². The molecule has 0 aliphatic rings. The van der Waals surface area contributed by atoms with E-state index in [9.17, 15) is 9.59 Å². The molecule has 0 aliphatic heterocycles. The summed E-state index contributed by atoms with van der Waals surface area (Å²) in [5.41, 5.74) is 0. The number of rotatable bonds is 3. The van der Waals surface area contributed by atoms with Crippen molar-refractivity contribution in [2.75, 3.05) is 13.2 Å². The summed E-state index contributed by atoms with van der Waals surface area (Å²) in [6.45, 7) is 2.56. The topological polar surface area (TPSA) is 91.7 Å². The second kappa shape index (κ2) is 17.7. The first-order valence-electron chi connectivity index (χ1n) is 3.43. The summed E-state index contributed by atoms with van der Waals surface area (Å²) in [6.07, 6.45) is 0.0833. The average Bonchev–Trinajstić information content (AvgIpc) is 2.06. The molecule has 0 heterocycles. The van der Waals surface area contributed by atoms with Gasteiger partial charge >= 0.3 is 21.0 Å². The van der Waals surface area contributed by atoms with Crippen LogP contribution in [-0.4, -0.2) is 35.0 Å². The molecule has 0 fully saturated rings. The molecule has 13 heavy (non-hydrogen) atoms. The molecular formula is C7H14O5V. The third kappa shape index (κ3) is 50.2. The van der Waals surface area contributed by atoms with Crippen molar-refractivity contribution in [3.63, 3.8) is 0 Å². The number of Topliss-reactive ketones (excluding diaryl/α,β-unsaturated/α-hetero) is 2. The molecule has 0 aromatic rings. The maximum atomic E-state index is 10.0. The minimum atomic E-state index is -0.125. The Labute approximate surface area is 86.3 Å². The van der Waals surface area contributed by atoms with Crippen LogP contribution in [0.25, 0.3) is 0 Å². The van der Waals surface area contributed by atoms with Gasteiger partial charge in [-0.25, -0.2) is 0 Å². The fraction of sp³-hybridized carbons (Fsp3) is 0.714. The van der Waals surface area contributed by atoms with Crippen molar-refractivity contribution in [2.45, 2.75) is 20.3 Å². The third-order valence-electron chi connectivity index (χ3n) is 0.598. The van der Waals surface area contributed by atoms with Crippen LogP contribution >= 0.6 is 0 Å². The Morgan fingerprint density at radius 2 is 1.23 bits per heavy atom. The molecule has 0 rings (SSSR count). The number of hydrogen-bond donors (Lipinski definition) is 2. The number of carbonyl (C=O) groups excluding carboxylic acids is 2. The molecule has 0 spiro atoms. The fourth-order valence-corrected chi connectivity index (χ4v) is 0.351. The Hall–Kier alpha value is -0.356. The summed E-state index contributed by atoms with van der Waals surface area (Å²) in [7, 11) is 0. The molecule has 77 valence electrons. The van der Waals surface area contributed by atoms with Crippen LogP contribution in [0.3, 0.4) is 0 Å². The monoisotopic (exact) mass is 229 g/mol. The van der Waals surface area contributed by atoms with E-state index in [0.29, 0.717) is 0 Å². The second-order valence-corrected chi connectivity index (χ2v) is 2.03. The van der Waals surface area contributed by atoms with Crippen LogP contribution in [-0.2, 0) is 30.6 Å². The number of ketones is 2. The van der Waals surface area contributed by atoms with Crippen molar-refractivity contribution in [1.29, 1.82) is 0 Å². The first-order valence-corrected chi connectivity index (χ1v) is 4.00. The van der Waals surface area contributed by atoms with Crippen molar-refractivity contribution in [3.05, 3.63) is 0 Å². The van der Waals surface area contributed by atoms with Gasteiger partial charge in [-0.15, -0.1) is 0 Å². The molecule has 0 aliphatic carbocycles. The zero-order valence-electron chi connectivity index (χ0n) is 7.69. The van der Waals surface area contributed by atoms with E-state index in [4.69, 9.17) is 13.9 Å². The van der Waals surface area contributed by atoms with Gasteiger partial charge in [0.15, 0.2) is 0 Å². The Morgan fingerprint density at radius 1 is 1.00 bits per heavy atom. The molecule has 0 saturated carbocycles. The van der Waals surface area contributed by atoms with Gasteiger partial charge in [0.1, 0.15) is 11.6 Å². The Bertz CT molecular complexity index is 123. The van der Waals surface area contributed by atoms with Crippen molar-refractivity contribution in [3.8, 4) is 0 Å². The first-order chi connectivity index (χ1) is 6.04. The maximum absolute atomic E-state index is 10.0. The molecule has 0 saturated heterocycles. The van der Waals surface area contributed by atoms with Crippen molar-refractivity contribution in [2.24, 2.45) is 0 Å². The van der Waals surface area contributed by atoms with Crippen molar-refractivity contribution < 1.29 is 40.8 Å². The van der Waals surface area contributed by atoms with Gasteiger partial charge in [-0.3, -0.25) is 9.59 Å². The molecular weight excluding hydrogens is 215 g/mol. The van der Waals surface area contributed by atoms with Crippen LogP contribution in [0.5, 0.6) is 0 Å². The van der Waals surface area contributed by atoms with E-state index < -0.39 is 0 Å². The molecule has 0 unspecified atom stereocenters. The van der Waals surface area contributed by atoms with E-state index in [0.717, 1.165) is 17.4 Å². The zero-order valence-corrected chi connectivity index (χ0v) is 9.08. The summed E-state index contributed by atoms with van der Waals surface area (Å²) in [6, 6.07) is 0. The number of hydrogen-bond acceptors (Lipinski definition) is 5. The Morgan fingerprint density at radius 3 is 1.23 bits per heavy atom. The van der Waals surface area contributed by atoms with Gasteiger partial charge < -0.3 is 10.2 Å². The second-order valence-electron chi connectivity index (χ2n) is 2.03. The number of carbonyl (C=O) groups is 2. The molecule has 0 amide bonds. The third-order valence-corrected chi connectivity index (χ3v) is 0.598. The van der Waals surface area contributed by atoms with E-state index >= 15 is 0 Å². The quantitative estimate of drug-likeness (QED) is 0.631. The molecule has 0 atom stereocenters. The summed E-state index contributed by atoms with van der Waals surface area (Å²) in [5, 5.41) is 15.2.